The Hall–Kier alpha value is -1.36. The van der Waals surface area contributed by atoms with Gasteiger partial charge in [-0.15, -0.1) is 0 Å². The molecule has 0 bridgehead atoms. The molecule has 1 unspecified atom stereocenters. The normalized spacial score (nSPS) is 20.5. The van der Waals surface area contributed by atoms with E-state index >= 15 is 0 Å². The van der Waals surface area contributed by atoms with E-state index in [1.54, 1.807) is 13.1 Å². The zero-order chi connectivity index (χ0) is 10.7. The topological polar surface area (TPSA) is 67.0 Å². The maximum absolute atomic E-state index is 11.3. The number of aromatic nitrogens is 2. The van der Waals surface area contributed by atoms with Crippen LogP contribution in [0.3, 0.4) is 0 Å². The number of hydrogen-bond acceptors (Lipinski definition) is 4. The highest BCUT2D eigenvalue weighted by Crippen LogP contribution is 2.11. The average Bonchev–Trinajstić information content (AvgIpc) is 2.73. The Morgan fingerprint density at radius 2 is 2.60 bits per heavy atom. The zero-order valence-corrected chi connectivity index (χ0v) is 8.75. The van der Waals surface area contributed by atoms with Gasteiger partial charge in [0.15, 0.2) is 0 Å². The molecule has 1 aliphatic heterocycles. The van der Waals surface area contributed by atoms with E-state index in [0.717, 1.165) is 19.4 Å². The summed E-state index contributed by atoms with van der Waals surface area (Å²) < 4.78 is 5.45. The summed E-state index contributed by atoms with van der Waals surface area (Å²) in [5.41, 5.74) is 0.525. The lowest BCUT2D eigenvalue weighted by molar-refractivity contribution is 0.120. The van der Waals surface area contributed by atoms with Gasteiger partial charge in [-0.05, 0) is 19.8 Å². The van der Waals surface area contributed by atoms with E-state index in [0.29, 0.717) is 18.1 Å². The Bertz CT molecular complexity index is 382. The molecular weight excluding hydrogens is 194 g/mol. The van der Waals surface area contributed by atoms with Crippen LogP contribution in [0.15, 0.2) is 11.0 Å². The molecule has 0 spiro atoms. The first kappa shape index (κ1) is 10.2. The van der Waals surface area contributed by atoms with Gasteiger partial charge in [0, 0.05) is 24.9 Å². The molecule has 2 rings (SSSR count). The van der Waals surface area contributed by atoms with Gasteiger partial charge in [-0.1, -0.05) is 0 Å². The first-order chi connectivity index (χ1) is 7.25. The number of hydrogen-bond donors (Lipinski definition) is 2. The third-order valence-corrected chi connectivity index (χ3v) is 2.50. The second kappa shape index (κ2) is 4.44. The minimum absolute atomic E-state index is 0.0974. The lowest BCUT2D eigenvalue weighted by Gasteiger charge is -2.10. The highest BCUT2D eigenvalue weighted by Gasteiger charge is 2.15. The fraction of sp³-hybridized carbons (Fsp3) is 0.600. The number of aromatic amines is 1. The van der Waals surface area contributed by atoms with Crippen molar-refractivity contribution in [2.24, 2.45) is 0 Å². The first-order valence-corrected chi connectivity index (χ1v) is 5.17. The molecule has 0 aromatic carbocycles. The van der Waals surface area contributed by atoms with E-state index in [2.05, 4.69) is 15.3 Å². The zero-order valence-electron chi connectivity index (χ0n) is 8.75. The summed E-state index contributed by atoms with van der Waals surface area (Å²) in [7, 11) is 0. The highest BCUT2D eigenvalue weighted by molar-refractivity contribution is 5.24. The van der Waals surface area contributed by atoms with Crippen molar-refractivity contribution in [1.82, 2.24) is 9.97 Å². The van der Waals surface area contributed by atoms with Gasteiger partial charge in [0.25, 0.3) is 5.56 Å². The molecule has 5 heteroatoms. The summed E-state index contributed by atoms with van der Waals surface area (Å²) in [6.07, 6.45) is 4.00. The summed E-state index contributed by atoms with van der Waals surface area (Å²) >= 11 is 0. The fourth-order valence-electron chi connectivity index (χ4n) is 1.56. The fourth-order valence-corrected chi connectivity index (χ4v) is 1.56. The van der Waals surface area contributed by atoms with Crippen molar-refractivity contribution in [3.8, 4) is 0 Å². The van der Waals surface area contributed by atoms with Crippen molar-refractivity contribution in [3.63, 3.8) is 0 Å². The van der Waals surface area contributed by atoms with Gasteiger partial charge >= 0.3 is 0 Å². The number of anilines is 1. The van der Waals surface area contributed by atoms with Crippen LogP contribution in [0.4, 0.5) is 5.95 Å². The Morgan fingerprint density at radius 3 is 3.27 bits per heavy atom. The van der Waals surface area contributed by atoms with Crippen molar-refractivity contribution in [1.29, 1.82) is 0 Å². The van der Waals surface area contributed by atoms with Gasteiger partial charge in [-0.3, -0.25) is 9.78 Å². The van der Waals surface area contributed by atoms with E-state index in [9.17, 15) is 4.79 Å². The molecule has 0 aliphatic carbocycles. The minimum atomic E-state index is -0.0974. The lowest BCUT2D eigenvalue weighted by atomic mass is 10.2. The largest absolute Gasteiger partial charge is 0.376 e. The molecule has 0 radical (unpaired) electrons. The third-order valence-electron chi connectivity index (χ3n) is 2.50. The van der Waals surface area contributed by atoms with Gasteiger partial charge in [0.05, 0.1) is 6.10 Å². The van der Waals surface area contributed by atoms with Crippen molar-refractivity contribution in [3.05, 3.63) is 22.1 Å². The average molecular weight is 209 g/mol. The second-order valence-corrected chi connectivity index (χ2v) is 3.76. The molecule has 2 N–H and O–H groups in total. The van der Waals surface area contributed by atoms with E-state index < -0.39 is 0 Å². The van der Waals surface area contributed by atoms with Gasteiger partial charge in [-0.2, -0.15) is 0 Å². The maximum Gasteiger partial charge on any atom is 0.255 e. The van der Waals surface area contributed by atoms with Crippen molar-refractivity contribution in [2.45, 2.75) is 25.9 Å². The molecule has 82 valence electrons. The SMILES string of the molecule is Cc1cnc(NCC2CCCO2)[nH]c1=O. The van der Waals surface area contributed by atoms with Crippen LogP contribution < -0.4 is 10.9 Å². The van der Waals surface area contributed by atoms with Crippen LogP contribution in [0.25, 0.3) is 0 Å². The number of rotatable bonds is 3. The second-order valence-electron chi connectivity index (χ2n) is 3.76. The summed E-state index contributed by atoms with van der Waals surface area (Å²) in [5.74, 6) is 0.515. The highest BCUT2D eigenvalue weighted by atomic mass is 16.5. The Kier molecular flexibility index (Phi) is 3.01. The number of ether oxygens (including phenoxy) is 1. The quantitative estimate of drug-likeness (QED) is 0.767. The van der Waals surface area contributed by atoms with E-state index in [1.807, 2.05) is 0 Å². The molecule has 1 aromatic heterocycles. The van der Waals surface area contributed by atoms with Crippen LogP contribution in [0.5, 0.6) is 0 Å². The monoisotopic (exact) mass is 209 g/mol. The smallest absolute Gasteiger partial charge is 0.255 e. The van der Waals surface area contributed by atoms with Crippen LogP contribution >= 0.6 is 0 Å². The van der Waals surface area contributed by atoms with E-state index in [-0.39, 0.29) is 11.7 Å². The lowest BCUT2D eigenvalue weighted by Crippen LogP contribution is -2.22. The van der Waals surface area contributed by atoms with Crippen molar-refractivity contribution < 1.29 is 4.74 Å². The number of nitrogens with zero attached hydrogens (tertiary/aromatic N) is 1. The van der Waals surface area contributed by atoms with E-state index in [4.69, 9.17) is 4.74 Å². The van der Waals surface area contributed by atoms with Crippen LogP contribution in [0, 0.1) is 6.92 Å². The molecule has 0 amide bonds. The van der Waals surface area contributed by atoms with Crippen LogP contribution in [-0.2, 0) is 4.74 Å². The number of H-pyrrole nitrogens is 1. The molecule has 2 heterocycles. The van der Waals surface area contributed by atoms with Gasteiger partial charge in [0.2, 0.25) is 5.95 Å². The van der Waals surface area contributed by atoms with Gasteiger partial charge in [0.1, 0.15) is 0 Å². The summed E-state index contributed by atoms with van der Waals surface area (Å²) in [4.78, 5) is 18.0. The molecule has 1 aliphatic rings. The first-order valence-electron chi connectivity index (χ1n) is 5.17. The Morgan fingerprint density at radius 1 is 1.73 bits per heavy atom. The molecule has 1 fully saturated rings. The summed E-state index contributed by atoms with van der Waals surface area (Å²) in [5, 5.41) is 3.06. The summed E-state index contributed by atoms with van der Waals surface area (Å²) in [6.45, 7) is 3.27. The molecule has 1 saturated heterocycles. The van der Waals surface area contributed by atoms with Crippen molar-refractivity contribution >= 4 is 5.95 Å². The van der Waals surface area contributed by atoms with Crippen molar-refractivity contribution in [2.75, 3.05) is 18.5 Å². The molecule has 1 aromatic rings. The minimum Gasteiger partial charge on any atom is -0.376 e. The maximum atomic E-state index is 11.3. The number of nitrogens with one attached hydrogen (secondary N) is 2. The van der Waals surface area contributed by atoms with E-state index in [1.165, 1.54) is 0 Å². The molecule has 0 saturated carbocycles. The standard InChI is InChI=1S/C10H15N3O2/c1-7-5-11-10(13-9(7)14)12-6-8-3-2-4-15-8/h5,8H,2-4,6H2,1H3,(H2,11,12,13,14). The predicted molar refractivity (Wildman–Crippen MR) is 57.1 cm³/mol. The predicted octanol–water partition coefficient (Wildman–Crippen LogP) is 0.669. The molecular formula is C10H15N3O2. The Balaban J connectivity index is 1.93. The Labute approximate surface area is 87.9 Å². The van der Waals surface area contributed by atoms with Crippen LogP contribution in [0.2, 0.25) is 0 Å². The number of aryl methyl sites for hydroxylation is 1. The van der Waals surface area contributed by atoms with Gasteiger partial charge < -0.3 is 10.1 Å². The van der Waals surface area contributed by atoms with Crippen LogP contribution in [0.1, 0.15) is 18.4 Å². The summed E-state index contributed by atoms with van der Waals surface area (Å²) in [6, 6.07) is 0. The van der Waals surface area contributed by atoms with Crippen LogP contribution in [-0.4, -0.2) is 29.2 Å². The molecule has 5 nitrogen and oxygen atoms in total. The molecule has 15 heavy (non-hydrogen) atoms. The third kappa shape index (κ3) is 2.56. The molecule has 1 atom stereocenters. The van der Waals surface area contributed by atoms with Gasteiger partial charge in [-0.25, -0.2) is 4.98 Å².